The molecule has 144 valence electrons. The van der Waals surface area contributed by atoms with Crippen LogP contribution in [0.2, 0.25) is 0 Å². The maximum atomic E-state index is 13.0. The first kappa shape index (κ1) is 20.1. The van der Waals surface area contributed by atoms with E-state index in [0.29, 0.717) is 28.7 Å². The van der Waals surface area contributed by atoms with Crippen LogP contribution >= 0.6 is 11.8 Å². The lowest BCUT2D eigenvalue weighted by Crippen LogP contribution is -2.27. The zero-order valence-electron chi connectivity index (χ0n) is 16.5. The first-order valence-corrected chi connectivity index (χ1v) is 10.6. The number of nitrogens with one attached hydrogen (secondary N) is 1. The molecule has 1 heterocycles. The summed E-state index contributed by atoms with van der Waals surface area (Å²) in [6.45, 7) is 4.53. The molecule has 0 bridgehead atoms. The number of amides is 1. The molecule has 28 heavy (non-hydrogen) atoms. The molecule has 0 saturated carbocycles. The smallest absolute Gasteiger partial charge is 0.255 e. The molecule has 0 saturated heterocycles. The fourth-order valence-corrected chi connectivity index (χ4v) is 3.58. The highest BCUT2D eigenvalue weighted by atomic mass is 32.2. The summed E-state index contributed by atoms with van der Waals surface area (Å²) in [5, 5.41) is 3.73. The van der Waals surface area contributed by atoms with Crippen LogP contribution in [0.4, 0.5) is 0 Å². The van der Waals surface area contributed by atoms with Crippen LogP contribution in [0.25, 0.3) is 11.3 Å². The number of aromatic nitrogens is 2. The number of rotatable bonds is 7. The molecule has 3 rings (SSSR count). The Balaban J connectivity index is 1.80. The van der Waals surface area contributed by atoms with E-state index in [2.05, 4.69) is 27.4 Å². The van der Waals surface area contributed by atoms with Crippen molar-refractivity contribution >= 4 is 17.7 Å². The zero-order valence-corrected chi connectivity index (χ0v) is 17.3. The SMILES string of the molecule is CSc1nc(C)c(C(=O)NCCCc2ccccc2)c(-c2ccccc2C)n1. The molecule has 1 N–H and O–H groups in total. The van der Waals surface area contributed by atoms with E-state index in [9.17, 15) is 4.79 Å². The molecule has 0 aliphatic heterocycles. The molecule has 1 aromatic heterocycles. The van der Waals surface area contributed by atoms with E-state index < -0.39 is 0 Å². The number of carbonyl (C=O) groups is 1. The van der Waals surface area contributed by atoms with Crippen molar-refractivity contribution in [3.63, 3.8) is 0 Å². The van der Waals surface area contributed by atoms with Crippen molar-refractivity contribution in [1.29, 1.82) is 0 Å². The van der Waals surface area contributed by atoms with Crippen LogP contribution in [0.15, 0.2) is 59.8 Å². The lowest BCUT2D eigenvalue weighted by molar-refractivity contribution is 0.0952. The molecule has 1 amide bonds. The minimum Gasteiger partial charge on any atom is -0.352 e. The van der Waals surface area contributed by atoms with Gasteiger partial charge in [-0.15, -0.1) is 0 Å². The zero-order chi connectivity index (χ0) is 19.9. The van der Waals surface area contributed by atoms with Gasteiger partial charge in [-0.2, -0.15) is 0 Å². The summed E-state index contributed by atoms with van der Waals surface area (Å²) >= 11 is 1.48. The Morgan fingerprint density at radius 1 is 1.00 bits per heavy atom. The van der Waals surface area contributed by atoms with Crippen LogP contribution in [0.1, 0.15) is 33.6 Å². The summed E-state index contributed by atoms with van der Waals surface area (Å²) < 4.78 is 0. The Kier molecular flexibility index (Phi) is 6.82. The summed E-state index contributed by atoms with van der Waals surface area (Å²) in [6.07, 6.45) is 3.77. The second kappa shape index (κ2) is 9.51. The topological polar surface area (TPSA) is 54.9 Å². The monoisotopic (exact) mass is 391 g/mol. The van der Waals surface area contributed by atoms with E-state index in [1.54, 1.807) is 0 Å². The number of nitrogens with zero attached hydrogens (tertiary/aromatic N) is 2. The summed E-state index contributed by atoms with van der Waals surface area (Å²) in [5.74, 6) is -0.114. The van der Waals surface area contributed by atoms with Gasteiger partial charge in [0.25, 0.3) is 5.91 Å². The Morgan fingerprint density at radius 2 is 1.71 bits per heavy atom. The standard InChI is InChI=1S/C23H25N3OS/c1-16-10-7-8-14-19(16)21-20(17(2)25-23(26-21)28-3)22(27)24-15-9-13-18-11-5-4-6-12-18/h4-8,10-12,14H,9,13,15H2,1-3H3,(H,24,27). The first-order chi connectivity index (χ1) is 13.6. The lowest BCUT2D eigenvalue weighted by Gasteiger charge is -2.14. The van der Waals surface area contributed by atoms with Crippen LogP contribution in [0, 0.1) is 13.8 Å². The number of thioether (sulfide) groups is 1. The molecule has 0 atom stereocenters. The van der Waals surface area contributed by atoms with E-state index in [1.165, 1.54) is 17.3 Å². The van der Waals surface area contributed by atoms with E-state index in [4.69, 9.17) is 0 Å². The Labute approximate surface area is 170 Å². The number of hydrogen-bond acceptors (Lipinski definition) is 4. The number of benzene rings is 2. The van der Waals surface area contributed by atoms with Crippen molar-refractivity contribution in [2.45, 2.75) is 31.8 Å². The van der Waals surface area contributed by atoms with Gasteiger partial charge in [0.2, 0.25) is 0 Å². The summed E-state index contributed by atoms with van der Waals surface area (Å²) in [6, 6.07) is 18.3. The third kappa shape index (κ3) is 4.78. The molecule has 0 radical (unpaired) electrons. The van der Waals surface area contributed by atoms with Crippen LogP contribution < -0.4 is 5.32 Å². The van der Waals surface area contributed by atoms with Crippen LogP contribution in [0.3, 0.4) is 0 Å². The summed E-state index contributed by atoms with van der Waals surface area (Å²) in [4.78, 5) is 22.2. The second-order valence-electron chi connectivity index (χ2n) is 6.68. The van der Waals surface area contributed by atoms with E-state index in [0.717, 1.165) is 24.0 Å². The summed E-state index contributed by atoms with van der Waals surface area (Å²) in [5.41, 5.74) is 5.31. The normalized spacial score (nSPS) is 10.7. The van der Waals surface area contributed by atoms with Gasteiger partial charge in [0.1, 0.15) is 0 Å². The number of hydrogen-bond donors (Lipinski definition) is 1. The maximum Gasteiger partial charge on any atom is 0.255 e. The average Bonchev–Trinajstić information content (AvgIpc) is 2.71. The van der Waals surface area contributed by atoms with E-state index >= 15 is 0 Å². The predicted octanol–water partition coefficient (Wildman–Crippen LogP) is 4.84. The predicted molar refractivity (Wildman–Crippen MR) is 116 cm³/mol. The van der Waals surface area contributed by atoms with Gasteiger partial charge < -0.3 is 5.32 Å². The molecular weight excluding hydrogens is 366 g/mol. The highest BCUT2D eigenvalue weighted by molar-refractivity contribution is 7.98. The minimum absolute atomic E-state index is 0.114. The third-order valence-electron chi connectivity index (χ3n) is 4.65. The number of aryl methyl sites for hydroxylation is 3. The third-order valence-corrected chi connectivity index (χ3v) is 5.20. The van der Waals surface area contributed by atoms with Crippen LogP contribution in [-0.2, 0) is 6.42 Å². The van der Waals surface area contributed by atoms with Gasteiger partial charge >= 0.3 is 0 Å². The number of carbonyl (C=O) groups excluding carboxylic acids is 1. The maximum absolute atomic E-state index is 13.0. The quantitative estimate of drug-likeness (QED) is 0.355. The molecule has 0 spiro atoms. The van der Waals surface area contributed by atoms with Crippen molar-refractivity contribution in [2.75, 3.05) is 12.8 Å². The fraction of sp³-hybridized carbons (Fsp3) is 0.261. The van der Waals surface area contributed by atoms with Gasteiger partial charge in [0, 0.05) is 12.1 Å². The highest BCUT2D eigenvalue weighted by Crippen LogP contribution is 2.28. The molecule has 2 aromatic carbocycles. The van der Waals surface area contributed by atoms with Crippen LogP contribution in [-0.4, -0.2) is 28.7 Å². The Hall–Kier alpha value is -2.66. The van der Waals surface area contributed by atoms with Crippen LogP contribution in [0.5, 0.6) is 0 Å². The molecular formula is C23H25N3OS. The molecule has 0 aliphatic carbocycles. The van der Waals surface area contributed by atoms with Crippen molar-refractivity contribution in [3.05, 3.63) is 77.0 Å². The molecule has 0 unspecified atom stereocenters. The van der Waals surface area contributed by atoms with Gasteiger partial charge in [0.15, 0.2) is 5.16 Å². The lowest BCUT2D eigenvalue weighted by atomic mass is 10.00. The van der Waals surface area contributed by atoms with Crippen molar-refractivity contribution < 1.29 is 4.79 Å². The molecule has 0 aliphatic rings. The minimum atomic E-state index is -0.114. The fourth-order valence-electron chi connectivity index (χ4n) is 3.17. The van der Waals surface area contributed by atoms with Gasteiger partial charge in [-0.05, 0) is 44.1 Å². The van der Waals surface area contributed by atoms with Crippen molar-refractivity contribution in [2.24, 2.45) is 0 Å². The molecule has 0 fully saturated rings. The molecule has 4 nitrogen and oxygen atoms in total. The van der Waals surface area contributed by atoms with E-state index in [1.807, 2.05) is 62.6 Å². The molecule has 3 aromatic rings. The average molecular weight is 392 g/mol. The molecule has 5 heteroatoms. The van der Waals surface area contributed by atoms with E-state index in [-0.39, 0.29) is 5.91 Å². The highest BCUT2D eigenvalue weighted by Gasteiger charge is 2.20. The van der Waals surface area contributed by atoms with Crippen molar-refractivity contribution in [1.82, 2.24) is 15.3 Å². The van der Waals surface area contributed by atoms with Gasteiger partial charge in [-0.1, -0.05) is 66.4 Å². The van der Waals surface area contributed by atoms with Crippen molar-refractivity contribution in [3.8, 4) is 11.3 Å². The largest absolute Gasteiger partial charge is 0.352 e. The Morgan fingerprint density at radius 3 is 2.43 bits per heavy atom. The van der Waals surface area contributed by atoms with Gasteiger partial charge in [0.05, 0.1) is 17.0 Å². The Bertz CT molecular complexity index is 957. The summed E-state index contributed by atoms with van der Waals surface area (Å²) in [7, 11) is 0. The first-order valence-electron chi connectivity index (χ1n) is 9.41. The van der Waals surface area contributed by atoms with Gasteiger partial charge in [-0.25, -0.2) is 9.97 Å². The second-order valence-corrected chi connectivity index (χ2v) is 7.45. The van der Waals surface area contributed by atoms with Gasteiger partial charge in [-0.3, -0.25) is 4.79 Å².